The second-order valence-electron chi connectivity index (χ2n) is 17.1. The largest absolute Gasteiger partial charge is 0.350 e. The highest BCUT2D eigenvalue weighted by molar-refractivity contribution is 7.85. The van der Waals surface area contributed by atoms with Crippen LogP contribution in [-0.2, 0) is 10.1 Å². The van der Waals surface area contributed by atoms with E-state index in [1.54, 1.807) is 0 Å². The summed E-state index contributed by atoms with van der Waals surface area (Å²) in [7, 11) is -4.02. The van der Waals surface area contributed by atoms with E-state index in [0.29, 0.717) is 49.3 Å². The fraction of sp³-hybridized carbons (Fsp3) is 0.889. The lowest BCUT2D eigenvalue weighted by Crippen LogP contribution is -2.61. The zero-order chi connectivity index (χ0) is 33.1. The summed E-state index contributed by atoms with van der Waals surface area (Å²) in [6.45, 7) is 0. The summed E-state index contributed by atoms with van der Waals surface area (Å²) in [5.41, 5.74) is 0. The van der Waals surface area contributed by atoms with E-state index in [-0.39, 0.29) is 5.03 Å². The van der Waals surface area contributed by atoms with Gasteiger partial charge in [0.25, 0.3) is 0 Å². The molecule has 13 heteroatoms. The lowest BCUT2D eigenvalue weighted by atomic mass is 9.76. The number of fused-ring (bicyclic) bond motifs is 20. The highest BCUT2D eigenvalue weighted by Gasteiger charge is 2.54. The normalized spacial score (nSPS) is 49.2. The molecule has 6 heterocycles. The molecule has 4 aliphatic carbocycles. The van der Waals surface area contributed by atoms with E-state index in [1.165, 1.54) is 121 Å². The van der Waals surface area contributed by atoms with Crippen LogP contribution >= 0.6 is 0 Å². The van der Waals surface area contributed by atoms with E-state index in [9.17, 15) is 8.42 Å². The van der Waals surface area contributed by atoms with Gasteiger partial charge in [-0.25, -0.2) is 0 Å². The number of aromatic amines is 1. The van der Waals surface area contributed by atoms with Crippen LogP contribution in [0.3, 0.4) is 0 Å². The van der Waals surface area contributed by atoms with Crippen molar-refractivity contribution in [1.82, 2.24) is 47.5 Å². The Labute approximate surface area is 292 Å². The van der Waals surface area contributed by atoms with Gasteiger partial charge in [-0.3, -0.25) is 47.1 Å². The molecule has 0 amide bonds. The molecule has 9 fully saturated rings. The van der Waals surface area contributed by atoms with Crippen LogP contribution in [-0.4, -0.2) is 67.3 Å². The molecule has 4 saturated carbocycles. The SMILES string of the molecule is C1CCC2C3NC(NC4NC(NC5NC(NC6NC(N3)C3CCCCC63)C3CCCCC53)C3CCCCC43)C2C1.O=S(=O)(O)c1ccc[nH]1. The fourth-order valence-electron chi connectivity index (χ4n) is 12.4. The molecule has 1 aromatic heterocycles. The van der Waals surface area contributed by atoms with Gasteiger partial charge in [-0.05, 0) is 111 Å². The van der Waals surface area contributed by atoms with Crippen molar-refractivity contribution in [2.75, 3.05) is 0 Å². The van der Waals surface area contributed by atoms with Crippen LogP contribution in [0.2, 0.25) is 0 Å². The predicted octanol–water partition coefficient (Wildman–Crippen LogP) is 2.87. The molecular weight excluding hydrogens is 639 g/mol. The summed E-state index contributed by atoms with van der Waals surface area (Å²) in [6, 6.07) is 2.76. The van der Waals surface area contributed by atoms with Gasteiger partial charge >= 0.3 is 10.1 Å². The molecule has 9 aliphatic rings. The molecule has 8 unspecified atom stereocenters. The molecule has 10 N–H and O–H groups in total. The maximum atomic E-state index is 10.2. The van der Waals surface area contributed by atoms with Crippen LogP contribution in [0.25, 0.3) is 0 Å². The van der Waals surface area contributed by atoms with Crippen LogP contribution in [0.15, 0.2) is 23.4 Å². The highest BCUT2D eigenvalue weighted by Crippen LogP contribution is 2.45. The Hall–Kier alpha value is -1.13. The number of hydrogen-bond acceptors (Lipinski definition) is 10. The van der Waals surface area contributed by atoms with Gasteiger partial charge in [0.15, 0.2) is 5.03 Å². The number of rotatable bonds is 1. The molecule has 1 aromatic rings. The van der Waals surface area contributed by atoms with Crippen LogP contribution < -0.4 is 42.5 Å². The molecule has 274 valence electrons. The number of aromatic nitrogens is 1. The van der Waals surface area contributed by atoms with Crippen molar-refractivity contribution in [3.05, 3.63) is 18.3 Å². The van der Waals surface area contributed by atoms with E-state index in [1.807, 2.05) is 0 Å². The second-order valence-corrected chi connectivity index (χ2v) is 18.5. The molecule has 12 nitrogen and oxygen atoms in total. The third-order valence-electron chi connectivity index (χ3n) is 14.6. The molecule has 0 aromatic carbocycles. The minimum atomic E-state index is -4.02. The molecule has 8 bridgehead atoms. The predicted molar refractivity (Wildman–Crippen MR) is 188 cm³/mol. The van der Waals surface area contributed by atoms with Crippen LogP contribution in [0.1, 0.15) is 103 Å². The van der Waals surface area contributed by atoms with Crippen LogP contribution in [0.5, 0.6) is 0 Å². The van der Waals surface area contributed by atoms with Gasteiger partial charge in [-0.2, -0.15) is 8.42 Å². The Morgan fingerprint density at radius 2 is 0.653 bits per heavy atom. The van der Waals surface area contributed by atoms with Crippen molar-refractivity contribution < 1.29 is 13.0 Å². The summed E-state index contributed by atoms with van der Waals surface area (Å²) in [5, 5.41) is 33.6. The monoisotopic (exact) mass is 699 g/mol. The minimum absolute atomic E-state index is 0.178. The average Bonchev–Trinajstić information content (AvgIpc) is 3.95. The maximum absolute atomic E-state index is 10.2. The maximum Gasteiger partial charge on any atom is 0.310 e. The smallest absolute Gasteiger partial charge is 0.310 e. The van der Waals surface area contributed by atoms with Crippen molar-refractivity contribution in [2.24, 2.45) is 47.3 Å². The second kappa shape index (κ2) is 14.0. The van der Waals surface area contributed by atoms with Gasteiger partial charge in [-0.15, -0.1) is 0 Å². The molecule has 5 saturated heterocycles. The zero-order valence-electron chi connectivity index (χ0n) is 29.0. The Balaban J connectivity index is 0.000000317. The first-order chi connectivity index (χ1) is 23.9. The first-order valence-corrected chi connectivity index (χ1v) is 21.5. The third-order valence-corrected chi connectivity index (χ3v) is 15.5. The number of nitrogens with one attached hydrogen (secondary N) is 9. The standard InChI is InChI=1S/C32H56N8.C4H5NO3S/c1-2-10-18-17(9-1)25-33-26(18)38-28-21-13-5-6-14-22(21)30(35-28)40-32-24-16-8-7-15-23(24)31(36-32)39-29-20-12-4-3-11-19(20)27(34-29)37-25;6-9(7,8)4-2-1-3-5-4/h17-40H,1-16H2;1-3,5H,(H,6,7,8). The van der Waals surface area contributed by atoms with E-state index < -0.39 is 10.1 Å². The van der Waals surface area contributed by atoms with Crippen molar-refractivity contribution in [3.8, 4) is 0 Å². The van der Waals surface area contributed by atoms with Gasteiger partial charge in [0.2, 0.25) is 0 Å². The molecule has 0 spiro atoms. The lowest BCUT2D eigenvalue weighted by Gasteiger charge is -2.35. The molecule has 49 heavy (non-hydrogen) atoms. The zero-order valence-corrected chi connectivity index (χ0v) is 29.8. The van der Waals surface area contributed by atoms with Gasteiger partial charge in [-0.1, -0.05) is 51.4 Å². The topological polar surface area (TPSA) is 166 Å². The summed E-state index contributed by atoms with van der Waals surface area (Å²) in [6.07, 6.45) is 27.0. The van der Waals surface area contributed by atoms with E-state index in [0.717, 1.165) is 47.3 Å². The molecule has 5 aliphatic heterocycles. The van der Waals surface area contributed by atoms with Crippen molar-refractivity contribution in [2.45, 2.75) is 157 Å². The van der Waals surface area contributed by atoms with E-state index in [4.69, 9.17) is 4.55 Å². The fourth-order valence-corrected chi connectivity index (χ4v) is 12.9. The molecule has 8 atom stereocenters. The van der Waals surface area contributed by atoms with E-state index in [2.05, 4.69) is 47.5 Å². The summed E-state index contributed by atoms with van der Waals surface area (Å²) >= 11 is 0. The summed E-state index contributed by atoms with van der Waals surface area (Å²) in [5.74, 6) is 5.97. The Kier molecular flexibility index (Phi) is 9.64. The van der Waals surface area contributed by atoms with Crippen molar-refractivity contribution >= 4 is 10.1 Å². The molecular formula is C36H61N9O3S. The van der Waals surface area contributed by atoms with Gasteiger partial charge in [0.05, 0.1) is 49.3 Å². The van der Waals surface area contributed by atoms with Crippen molar-refractivity contribution in [3.63, 3.8) is 0 Å². The first-order valence-electron chi connectivity index (χ1n) is 20.1. The minimum Gasteiger partial charge on any atom is -0.350 e. The number of H-pyrrole nitrogens is 1. The van der Waals surface area contributed by atoms with Gasteiger partial charge in [0.1, 0.15) is 0 Å². The highest BCUT2D eigenvalue weighted by atomic mass is 32.2. The Morgan fingerprint density at radius 3 is 0.796 bits per heavy atom. The van der Waals surface area contributed by atoms with E-state index >= 15 is 0 Å². The Morgan fingerprint density at radius 1 is 0.429 bits per heavy atom. The summed E-state index contributed by atoms with van der Waals surface area (Å²) < 4.78 is 28.8. The Bertz CT molecular complexity index is 1180. The lowest BCUT2D eigenvalue weighted by molar-refractivity contribution is 0.167. The van der Waals surface area contributed by atoms with Gasteiger partial charge in [0, 0.05) is 6.20 Å². The van der Waals surface area contributed by atoms with Crippen LogP contribution in [0, 0.1) is 47.3 Å². The third kappa shape index (κ3) is 6.57. The van der Waals surface area contributed by atoms with Crippen LogP contribution in [0.4, 0.5) is 0 Å². The van der Waals surface area contributed by atoms with Crippen molar-refractivity contribution in [1.29, 1.82) is 0 Å². The molecule has 0 radical (unpaired) electrons. The first kappa shape index (κ1) is 33.7. The number of hydrogen-bond donors (Lipinski definition) is 10. The average molecular weight is 700 g/mol. The van der Waals surface area contributed by atoms with Gasteiger partial charge < -0.3 is 4.98 Å². The molecule has 10 rings (SSSR count). The quantitative estimate of drug-likeness (QED) is 0.196. The summed E-state index contributed by atoms with van der Waals surface area (Å²) in [4.78, 5) is 2.34.